The molecule has 4 rings (SSSR count). The molecule has 1 amide bonds. The first-order chi connectivity index (χ1) is 13.6. The molecule has 2 heterocycles. The van der Waals surface area contributed by atoms with Crippen LogP contribution in [0.5, 0.6) is 17.2 Å². The summed E-state index contributed by atoms with van der Waals surface area (Å²) in [5.74, 6) is 2.19. The normalized spacial score (nSPS) is 12.2. The van der Waals surface area contributed by atoms with E-state index in [1.54, 1.807) is 47.1 Å². The molecule has 1 aromatic heterocycles. The number of hydrogen-bond donors (Lipinski definition) is 1. The zero-order chi connectivity index (χ0) is 19.5. The molecule has 9 heteroatoms. The van der Waals surface area contributed by atoms with Crippen molar-refractivity contribution >= 4 is 11.6 Å². The molecule has 0 spiro atoms. The average Bonchev–Trinajstić information content (AvgIpc) is 3.35. The lowest BCUT2D eigenvalue weighted by molar-refractivity contribution is 0.102. The van der Waals surface area contributed by atoms with Gasteiger partial charge in [0.1, 0.15) is 12.4 Å². The lowest BCUT2D eigenvalue weighted by Crippen LogP contribution is -2.13. The number of anilines is 1. The molecule has 144 valence electrons. The van der Waals surface area contributed by atoms with Crippen molar-refractivity contribution in [3.63, 3.8) is 0 Å². The van der Waals surface area contributed by atoms with Gasteiger partial charge in [0.15, 0.2) is 17.3 Å². The third kappa shape index (κ3) is 3.73. The van der Waals surface area contributed by atoms with E-state index in [9.17, 15) is 4.79 Å². The number of carbonyl (C=O) groups is 1. The molecule has 0 fully saturated rings. The first-order valence-electron chi connectivity index (χ1n) is 8.81. The van der Waals surface area contributed by atoms with Crippen LogP contribution in [0.3, 0.4) is 0 Å². The Balaban J connectivity index is 1.43. The number of tetrazole rings is 1. The lowest BCUT2D eigenvalue weighted by atomic mass is 10.2. The Morgan fingerprint density at radius 3 is 2.93 bits per heavy atom. The summed E-state index contributed by atoms with van der Waals surface area (Å²) in [5.41, 5.74) is 1.09. The van der Waals surface area contributed by atoms with Crippen molar-refractivity contribution in [3.8, 4) is 17.2 Å². The Hall–Kier alpha value is -3.62. The van der Waals surface area contributed by atoms with E-state index in [-0.39, 0.29) is 25.3 Å². The summed E-state index contributed by atoms with van der Waals surface area (Å²) >= 11 is 0. The van der Waals surface area contributed by atoms with Gasteiger partial charge in [0.25, 0.3) is 5.91 Å². The predicted octanol–water partition coefficient (Wildman–Crippen LogP) is 2.81. The number of nitrogens with zero attached hydrogens (tertiary/aromatic N) is 4. The van der Waals surface area contributed by atoms with Crippen LogP contribution < -0.4 is 19.5 Å². The summed E-state index contributed by atoms with van der Waals surface area (Å²) in [6, 6.07) is 12.3. The second-order valence-electron chi connectivity index (χ2n) is 6.47. The van der Waals surface area contributed by atoms with Crippen LogP contribution >= 0.6 is 0 Å². The second-order valence-corrected chi connectivity index (χ2v) is 6.47. The molecular formula is C19H19N5O4. The van der Waals surface area contributed by atoms with E-state index in [0.717, 1.165) is 0 Å². The second kappa shape index (κ2) is 7.55. The largest absolute Gasteiger partial charge is 0.486 e. The molecule has 3 aromatic rings. The van der Waals surface area contributed by atoms with Gasteiger partial charge in [-0.15, -0.1) is 5.10 Å². The van der Waals surface area contributed by atoms with Crippen LogP contribution in [0.4, 0.5) is 5.69 Å². The number of rotatable bonds is 6. The van der Waals surface area contributed by atoms with Crippen LogP contribution in [0.1, 0.15) is 36.1 Å². The first kappa shape index (κ1) is 17.8. The van der Waals surface area contributed by atoms with Crippen LogP contribution in [-0.4, -0.2) is 32.9 Å². The molecule has 0 aliphatic carbocycles. The quantitative estimate of drug-likeness (QED) is 0.701. The van der Waals surface area contributed by atoms with Crippen molar-refractivity contribution in [2.45, 2.75) is 26.5 Å². The summed E-state index contributed by atoms with van der Waals surface area (Å²) in [4.78, 5) is 12.6. The molecule has 0 saturated carbocycles. The highest BCUT2D eigenvalue weighted by Crippen LogP contribution is 2.34. The standard InChI is InChI=1S/C19H19N5O4/c1-12(2)24-18(21-22-23-24)10-26-15-5-3-4-13(8-15)19(25)20-14-6-7-16-17(9-14)28-11-27-16/h3-9,12H,10-11H2,1-2H3,(H,20,25). The minimum atomic E-state index is -0.253. The molecule has 2 aromatic carbocycles. The van der Waals surface area contributed by atoms with E-state index < -0.39 is 0 Å². The van der Waals surface area contributed by atoms with E-state index >= 15 is 0 Å². The highest BCUT2D eigenvalue weighted by atomic mass is 16.7. The molecular weight excluding hydrogens is 362 g/mol. The van der Waals surface area contributed by atoms with Gasteiger partial charge in [-0.3, -0.25) is 4.79 Å². The van der Waals surface area contributed by atoms with Crippen LogP contribution in [0.25, 0.3) is 0 Å². The minimum Gasteiger partial charge on any atom is -0.486 e. The molecule has 28 heavy (non-hydrogen) atoms. The Morgan fingerprint density at radius 2 is 2.07 bits per heavy atom. The average molecular weight is 381 g/mol. The topological polar surface area (TPSA) is 100 Å². The fourth-order valence-electron chi connectivity index (χ4n) is 2.76. The van der Waals surface area contributed by atoms with Gasteiger partial charge in [0, 0.05) is 17.3 Å². The molecule has 0 atom stereocenters. The molecule has 1 aliphatic heterocycles. The van der Waals surface area contributed by atoms with E-state index in [2.05, 4.69) is 20.8 Å². The smallest absolute Gasteiger partial charge is 0.255 e. The highest BCUT2D eigenvalue weighted by Gasteiger charge is 2.15. The van der Waals surface area contributed by atoms with Crippen molar-refractivity contribution in [1.82, 2.24) is 20.2 Å². The van der Waals surface area contributed by atoms with Crippen molar-refractivity contribution in [2.75, 3.05) is 12.1 Å². The predicted molar refractivity (Wildman–Crippen MR) is 99.5 cm³/mol. The van der Waals surface area contributed by atoms with Crippen LogP contribution in [-0.2, 0) is 6.61 Å². The number of nitrogens with one attached hydrogen (secondary N) is 1. The van der Waals surface area contributed by atoms with Crippen LogP contribution in [0, 0.1) is 0 Å². The molecule has 9 nitrogen and oxygen atoms in total. The molecule has 1 N–H and O–H groups in total. The van der Waals surface area contributed by atoms with Gasteiger partial charge in [0.05, 0.1) is 6.04 Å². The lowest BCUT2D eigenvalue weighted by Gasteiger charge is -2.10. The zero-order valence-electron chi connectivity index (χ0n) is 15.5. The van der Waals surface area contributed by atoms with E-state index in [1.165, 1.54) is 0 Å². The monoisotopic (exact) mass is 381 g/mol. The third-order valence-electron chi connectivity index (χ3n) is 4.14. The Bertz CT molecular complexity index is 1000. The number of amides is 1. The number of carbonyl (C=O) groups excluding carboxylic acids is 1. The molecule has 1 aliphatic rings. The summed E-state index contributed by atoms with van der Waals surface area (Å²) in [5, 5.41) is 14.4. The molecule has 0 unspecified atom stereocenters. The Morgan fingerprint density at radius 1 is 1.21 bits per heavy atom. The molecule has 0 saturated heterocycles. The van der Waals surface area contributed by atoms with Gasteiger partial charge < -0.3 is 19.5 Å². The Kier molecular flexibility index (Phi) is 4.79. The number of benzene rings is 2. The van der Waals surface area contributed by atoms with Crippen molar-refractivity contribution in [2.24, 2.45) is 0 Å². The maximum absolute atomic E-state index is 12.6. The first-order valence-corrected chi connectivity index (χ1v) is 8.81. The van der Waals surface area contributed by atoms with E-state index in [0.29, 0.717) is 34.3 Å². The number of fused-ring (bicyclic) bond motifs is 1. The number of hydrogen-bond acceptors (Lipinski definition) is 7. The van der Waals surface area contributed by atoms with Crippen LogP contribution in [0.15, 0.2) is 42.5 Å². The van der Waals surface area contributed by atoms with E-state index in [4.69, 9.17) is 14.2 Å². The van der Waals surface area contributed by atoms with Gasteiger partial charge in [0.2, 0.25) is 6.79 Å². The summed E-state index contributed by atoms with van der Waals surface area (Å²) in [7, 11) is 0. The van der Waals surface area contributed by atoms with E-state index in [1.807, 2.05) is 13.8 Å². The van der Waals surface area contributed by atoms with Crippen LogP contribution in [0.2, 0.25) is 0 Å². The van der Waals surface area contributed by atoms with Gasteiger partial charge in [-0.1, -0.05) is 6.07 Å². The number of ether oxygens (including phenoxy) is 3. The summed E-state index contributed by atoms with van der Waals surface area (Å²) in [6.07, 6.45) is 0. The van der Waals surface area contributed by atoms with Gasteiger partial charge in [-0.25, -0.2) is 4.68 Å². The summed E-state index contributed by atoms with van der Waals surface area (Å²) in [6.45, 7) is 4.37. The molecule has 0 radical (unpaired) electrons. The molecule has 0 bridgehead atoms. The fourth-order valence-corrected chi connectivity index (χ4v) is 2.76. The van der Waals surface area contributed by atoms with Gasteiger partial charge in [-0.2, -0.15) is 0 Å². The summed E-state index contributed by atoms with van der Waals surface area (Å²) < 4.78 is 18.1. The zero-order valence-corrected chi connectivity index (χ0v) is 15.5. The van der Waals surface area contributed by atoms with Crippen molar-refractivity contribution in [3.05, 3.63) is 53.9 Å². The van der Waals surface area contributed by atoms with Crippen molar-refractivity contribution < 1.29 is 19.0 Å². The third-order valence-corrected chi connectivity index (χ3v) is 4.14. The Labute approximate surface area is 161 Å². The SMILES string of the molecule is CC(C)n1nnnc1COc1cccc(C(=O)Nc2ccc3c(c2)OCO3)c1. The highest BCUT2D eigenvalue weighted by molar-refractivity contribution is 6.04. The van der Waals surface area contributed by atoms with Gasteiger partial charge in [-0.05, 0) is 54.6 Å². The maximum Gasteiger partial charge on any atom is 0.255 e. The number of aromatic nitrogens is 4. The maximum atomic E-state index is 12.6. The van der Waals surface area contributed by atoms with Gasteiger partial charge >= 0.3 is 0 Å². The fraction of sp³-hybridized carbons (Fsp3) is 0.263. The minimum absolute atomic E-state index is 0.132. The van der Waals surface area contributed by atoms with Crippen molar-refractivity contribution in [1.29, 1.82) is 0 Å².